The minimum Gasteiger partial charge on any atom is -0.342 e. The summed E-state index contributed by atoms with van der Waals surface area (Å²) in [5.41, 5.74) is -0.232. The van der Waals surface area contributed by atoms with Crippen molar-refractivity contribution in [3.05, 3.63) is 53.6 Å². The zero-order chi connectivity index (χ0) is 11.5. The number of ketones is 1. The Morgan fingerprint density at radius 3 is 2.56 bits per heavy atom. The zero-order valence-corrected chi connectivity index (χ0v) is 8.21. The fourth-order valence-electron chi connectivity index (χ4n) is 1.36. The number of aromatic nitrogens is 2. The van der Waals surface area contributed by atoms with Crippen LogP contribution in [0, 0.1) is 11.6 Å². The van der Waals surface area contributed by atoms with Gasteiger partial charge in [-0.15, -0.1) is 0 Å². The maximum atomic E-state index is 13.2. The van der Waals surface area contributed by atoms with Gasteiger partial charge in [-0.3, -0.25) is 4.79 Å². The van der Waals surface area contributed by atoms with Gasteiger partial charge in [0.05, 0.1) is 0 Å². The van der Waals surface area contributed by atoms with E-state index in [9.17, 15) is 13.6 Å². The molecule has 3 nitrogen and oxygen atoms in total. The lowest BCUT2D eigenvalue weighted by molar-refractivity contribution is 0.0981. The molecule has 0 aliphatic carbocycles. The van der Waals surface area contributed by atoms with Gasteiger partial charge >= 0.3 is 0 Å². The quantitative estimate of drug-likeness (QED) is 0.808. The normalized spacial score (nSPS) is 10.4. The molecule has 2 aromatic rings. The molecule has 82 valence electrons. The number of Topliss-reactive ketones (excluding diaryl/α,β-unsaturated/α-hetero) is 1. The Kier molecular flexibility index (Phi) is 2.76. The van der Waals surface area contributed by atoms with Gasteiger partial charge in [-0.2, -0.15) is 0 Å². The van der Waals surface area contributed by atoms with Crippen LogP contribution in [0.4, 0.5) is 8.78 Å². The van der Waals surface area contributed by atoms with E-state index in [4.69, 9.17) is 0 Å². The number of benzene rings is 1. The van der Waals surface area contributed by atoms with Gasteiger partial charge in [0, 0.05) is 24.4 Å². The summed E-state index contributed by atoms with van der Waals surface area (Å²) in [6.07, 6.45) is 2.54. The van der Waals surface area contributed by atoms with Gasteiger partial charge in [0.1, 0.15) is 11.6 Å². The van der Waals surface area contributed by atoms with E-state index in [1.54, 1.807) is 0 Å². The SMILES string of the molecule is O=C(Cc1c(F)cccc1F)c1ncc[nH]1. The molecule has 0 atom stereocenters. The Bertz CT molecular complexity index is 488. The zero-order valence-electron chi connectivity index (χ0n) is 8.21. The summed E-state index contributed by atoms with van der Waals surface area (Å²) >= 11 is 0. The van der Waals surface area contributed by atoms with Crippen molar-refractivity contribution in [1.82, 2.24) is 9.97 Å². The van der Waals surface area contributed by atoms with Crippen LogP contribution in [-0.4, -0.2) is 15.8 Å². The monoisotopic (exact) mass is 222 g/mol. The number of carbonyl (C=O) groups excluding carboxylic acids is 1. The van der Waals surface area contributed by atoms with Crippen LogP contribution in [0.3, 0.4) is 0 Å². The maximum Gasteiger partial charge on any atom is 0.202 e. The average molecular weight is 222 g/mol. The molecule has 0 bridgehead atoms. The molecule has 0 saturated heterocycles. The fraction of sp³-hybridized carbons (Fsp3) is 0.0909. The van der Waals surface area contributed by atoms with Gasteiger partial charge in [0.15, 0.2) is 5.82 Å². The van der Waals surface area contributed by atoms with Crippen molar-refractivity contribution in [3.63, 3.8) is 0 Å². The van der Waals surface area contributed by atoms with Crippen molar-refractivity contribution in [2.75, 3.05) is 0 Å². The second kappa shape index (κ2) is 4.22. The number of carbonyl (C=O) groups is 1. The summed E-state index contributed by atoms with van der Waals surface area (Å²) in [6.45, 7) is 0. The van der Waals surface area contributed by atoms with Gasteiger partial charge in [-0.25, -0.2) is 13.8 Å². The van der Waals surface area contributed by atoms with Crippen molar-refractivity contribution in [3.8, 4) is 0 Å². The lowest BCUT2D eigenvalue weighted by Gasteiger charge is -2.02. The van der Waals surface area contributed by atoms with Crippen molar-refractivity contribution in [1.29, 1.82) is 0 Å². The molecule has 0 spiro atoms. The second-order valence-electron chi connectivity index (χ2n) is 3.24. The number of hydrogen-bond acceptors (Lipinski definition) is 2. The minimum absolute atomic E-state index is 0.0997. The Morgan fingerprint density at radius 1 is 1.31 bits per heavy atom. The van der Waals surface area contributed by atoms with Gasteiger partial charge < -0.3 is 4.98 Å². The molecular weight excluding hydrogens is 214 g/mol. The first-order chi connectivity index (χ1) is 7.68. The predicted molar refractivity (Wildman–Crippen MR) is 53.0 cm³/mol. The summed E-state index contributed by atoms with van der Waals surface area (Å²) in [6, 6.07) is 3.49. The molecule has 0 saturated carbocycles. The van der Waals surface area contributed by atoms with Crippen molar-refractivity contribution in [2.24, 2.45) is 0 Å². The molecule has 0 unspecified atom stereocenters. The second-order valence-corrected chi connectivity index (χ2v) is 3.24. The van der Waals surface area contributed by atoms with E-state index in [0.29, 0.717) is 0 Å². The highest BCUT2D eigenvalue weighted by atomic mass is 19.1. The van der Waals surface area contributed by atoms with Crippen LogP contribution in [0.1, 0.15) is 16.2 Å². The first-order valence-corrected chi connectivity index (χ1v) is 4.64. The molecule has 0 aliphatic heterocycles. The summed E-state index contributed by atoms with van der Waals surface area (Å²) in [5.74, 6) is -1.79. The van der Waals surface area contributed by atoms with E-state index in [1.807, 2.05) is 0 Å². The number of rotatable bonds is 3. The molecule has 1 aromatic heterocycles. The van der Waals surface area contributed by atoms with E-state index in [1.165, 1.54) is 18.5 Å². The molecule has 0 amide bonds. The number of imidazole rings is 1. The molecule has 2 rings (SSSR count). The highest BCUT2D eigenvalue weighted by Gasteiger charge is 2.15. The van der Waals surface area contributed by atoms with Crippen LogP contribution in [0.25, 0.3) is 0 Å². The van der Waals surface area contributed by atoms with Gasteiger partial charge in [0.2, 0.25) is 5.78 Å². The van der Waals surface area contributed by atoms with Crippen LogP contribution in [0.2, 0.25) is 0 Å². The molecule has 1 N–H and O–H groups in total. The molecule has 1 heterocycles. The largest absolute Gasteiger partial charge is 0.342 e. The molecule has 0 radical (unpaired) electrons. The first kappa shape index (κ1) is 10.5. The average Bonchev–Trinajstić information content (AvgIpc) is 2.76. The molecule has 0 aliphatic rings. The summed E-state index contributed by atoms with van der Waals surface area (Å²) in [7, 11) is 0. The molecule has 0 fully saturated rings. The van der Waals surface area contributed by atoms with Crippen LogP contribution >= 0.6 is 0 Å². The number of H-pyrrole nitrogens is 1. The van der Waals surface area contributed by atoms with Gasteiger partial charge in [0.25, 0.3) is 0 Å². The standard InChI is InChI=1S/C11H8F2N2O/c12-8-2-1-3-9(13)7(8)6-10(16)11-14-4-5-15-11/h1-5H,6H2,(H,14,15). The summed E-state index contributed by atoms with van der Waals surface area (Å²) in [4.78, 5) is 17.9. The Morgan fingerprint density at radius 2 is 2.00 bits per heavy atom. The van der Waals surface area contributed by atoms with Crippen molar-refractivity contribution < 1.29 is 13.6 Å². The number of hydrogen-bond donors (Lipinski definition) is 1. The number of halogens is 2. The van der Waals surface area contributed by atoms with Crippen molar-refractivity contribution in [2.45, 2.75) is 6.42 Å². The summed E-state index contributed by atoms with van der Waals surface area (Å²) in [5, 5.41) is 0. The Labute approximate surface area is 90.1 Å². The number of nitrogens with zero attached hydrogens (tertiary/aromatic N) is 1. The van der Waals surface area contributed by atoms with Gasteiger partial charge in [-0.1, -0.05) is 6.07 Å². The van der Waals surface area contributed by atoms with Crippen LogP contribution < -0.4 is 0 Å². The van der Waals surface area contributed by atoms with E-state index >= 15 is 0 Å². The Hall–Kier alpha value is -2.04. The third kappa shape index (κ3) is 1.98. The molecule has 5 heteroatoms. The van der Waals surface area contributed by atoms with E-state index in [-0.39, 0.29) is 17.8 Å². The van der Waals surface area contributed by atoms with E-state index < -0.39 is 17.4 Å². The highest BCUT2D eigenvalue weighted by molar-refractivity contribution is 5.94. The predicted octanol–water partition coefficient (Wildman–Crippen LogP) is 2.11. The minimum atomic E-state index is -0.722. The third-order valence-electron chi connectivity index (χ3n) is 2.16. The lowest BCUT2D eigenvalue weighted by Crippen LogP contribution is -2.08. The summed E-state index contributed by atoms with van der Waals surface area (Å²) < 4.78 is 26.5. The lowest BCUT2D eigenvalue weighted by atomic mass is 10.1. The van der Waals surface area contributed by atoms with Crippen molar-refractivity contribution >= 4 is 5.78 Å². The van der Waals surface area contributed by atoms with Crippen LogP contribution in [-0.2, 0) is 6.42 Å². The first-order valence-electron chi connectivity index (χ1n) is 4.64. The topological polar surface area (TPSA) is 45.8 Å². The smallest absolute Gasteiger partial charge is 0.202 e. The molecular formula is C11H8F2N2O. The third-order valence-corrected chi connectivity index (χ3v) is 2.16. The number of nitrogens with one attached hydrogen (secondary N) is 1. The fourth-order valence-corrected chi connectivity index (χ4v) is 1.36. The van der Waals surface area contributed by atoms with E-state index in [0.717, 1.165) is 12.1 Å². The number of aromatic amines is 1. The molecule has 1 aromatic carbocycles. The maximum absolute atomic E-state index is 13.2. The molecule has 16 heavy (non-hydrogen) atoms. The van der Waals surface area contributed by atoms with Crippen LogP contribution in [0.15, 0.2) is 30.6 Å². The highest BCUT2D eigenvalue weighted by Crippen LogP contribution is 2.14. The van der Waals surface area contributed by atoms with E-state index in [2.05, 4.69) is 9.97 Å². The Balaban J connectivity index is 2.25. The van der Waals surface area contributed by atoms with Gasteiger partial charge in [-0.05, 0) is 12.1 Å². The van der Waals surface area contributed by atoms with Crippen LogP contribution in [0.5, 0.6) is 0 Å².